The molecule has 0 aliphatic rings. The molecule has 0 radical (unpaired) electrons. The van der Waals surface area contributed by atoms with Crippen LogP contribution < -0.4 is 5.32 Å². The van der Waals surface area contributed by atoms with Crippen LogP contribution >= 0.6 is 11.6 Å². The van der Waals surface area contributed by atoms with Crippen LogP contribution in [-0.2, 0) is 13.1 Å². The molecule has 0 bridgehead atoms. The van der Waals surface area contributed by atoms with Gasteiger partial charge in [-0.05, 0) is 13.1 Å². The molecule has 0 aliphatic heterocycles. The van der Waals surface area contributed by atoms with Crippen molar-refractivity contribution in [2.75, 3.05) is 7.05 Å². The number of nitrogens with one attached hydrogen (secondary N) is 1. The summed E-state index contributed by atoms with van der Waals surface area (Å²) in [6.45, 7) is -0.673. The molecule has 0 fully saturated rings. The molecule has 3 aromatic rings. The number of fused-ring (bicyclic) bond motifs is 3. The predicted octanol–water partition coefficient (Wildman–Crippen LogP) is 2.91. The van der Waals surface area contributed by atoms with Crippen LogP contribution in [0.3, 0.4) is 0 Å². The highest BCUT2D eigenvalue weighted by atomic mass is 35.5. The van der Waals surface area contributed by atoms with E-state index in [0.717, 1.165) is 4.57 Å². The average molecular weight is 330 g/mol. The zero-order chi connectivity index (χ0) is 15.9. The van der Waals surface area contributed by atoms with E-state index >= 15 is 0 Å². The second-order valence-corrected chi connectivity index (χ2v) is 5.14. The van der Waals surface area contributed by atoms with Crippen LogP contribution in [0, 0.1) is 0 Å². The topological polar surface area (TPSA) is 55.6 Å². The highest BCUT2D eigenvalue weighted by Crippen LogP contribution is 2.33. The first-order valence-corrected chi connectivity index (χ1v) is 6.77. The zero-order valence-corrected chi connectivity index (χ0v) is 12.2. The van der Waals surface area contributed by atoms with Crippen molar-refractivity contribution in [3.05, 3.63) is 29.4 Å². The summed E-state index contributed by atoms with van der Waals surface area (Å²) in [6, 6.07) is 1.71. The molecule has 0 atom stereocenters. The van der Waals surface area contributed by atoms with E-state index in [0.29, 0.717) is 28.7 Å². The lowest BCUT2D eigenvalue weighted by atomic mass is 10.2. The van der Waals surface area contributed by atoms with Gasteiger partial charge < -0.3 is 9.88 Å². The van der Waals surface area contributed by atoms with Gasteiger partial charge in [0.2, 0.25) is 0 Å². The van der Waals surface area contributed by atoms with Gasteiger partial charge in [-0.3, -0.25) is 4.98 Å². The van der Waals surface area contributed by atoms with E-state index in [1.54, 1.807) is 13.1 Å². The number of nitrogens with zero attached hydrogens (tertiary/aromatic N) is 4. The molecule has 0 saturated carbocycles. The Morgan fingerprint density at radius 1 is 1.27 bits per heavy atom. The number of hydrogen-bond acceptors (Lipinski definition) is 4. The van der Waals surface area contributed by atoms with E-state index < -0.39 is 12.7 Å². The highest BCUT2D eigenvalue weighted by Gasteiger charge is 2.30. The monoisotopic (exact) mass is 329 g/mol. The van der Waals surface area contributed by atoms with Crippen LogP contribution in [0.5, 0.6) is 0 Å². The minimum atomic E-state index is -4.39. The molecule has 0 aromatic carbocycles. The van der Waals surface area contributed by atoms with Gasteiger partial charge >= 0.3 is 6.18 Å². The third-order valence-electron chi connectivity index (χ3n) is 3.23. The van der Waals surface area contributed by atoms with Crippen LogP contribution in [0.1, 0.15) is 5.69 Å². The van der Waals surface area contributed by atoms with Gasteiger partial charge in [0.25, 0.3) is 0 Å². The summed E-state index contributed by atoms with van der Waals surface area (Å²) in [6.07, 6.45) is -1.74. The molecule has 9 heteroatoms. The Hall–Kier alpha value is -1.93. The fraction of sp³-hybridized carbons (Fsp3) is 0.308. The molecule has 3 rings (SSSR count). The Labute approximate surface area is 128 Å². The maximum absolute atomic E-state index is 12.9. The second kappa shape index (κ2) is 5.36. The first-order chi connectivity index (χ1) is 10.4. The summed E-state index contributed by atoms with van der Waals surface area (Å²) >= 11 is 5.99. The standard InChI is InChI=1S/C13H11ClF3N5/c1-18-3-7-2-8-9(4-19-7)22(5-13(15,16)17)11-10(8)20-6-21-12(11)14/h2,4,6,18H,3,5H2,1H3. The summed E-state index contributed by atoms with van der Waals surface area (Å²) in [4.78, 5) is 12.0. The number of rotatable bonds is 3. The number of alkyl halides is 3. The van der Waals surface area contributed by atoms with Crippen molar-refractivity contribution in [3.63, 3.8) is 0 Å². The number of halogens is 4. The van der Waals surface area contributed by atoms with Gasteiger partial charge in [0.15, 0.2) is 5.15 Å². The normalized spacial score (nSPS) is 12.4. The van der Waals surface area contributed by atoms with Crippen LogP contribution in [0.15, 0.2) is 18.6 Å². The maximum Gasteiger partial charge on any atom is 0.406 e. The van der Waals surface area contributed by atoms with E-state index in [4.69, 9.17) is 11.6 Å². The lowest BCUT2D eigenvalue weighted by molar-refractivity contribution is -0.139. The Morgan fingerprint density at radius 2 is 2.05 bits per heavy atom. The highest BCUT2D eigenvalue weighted by molar-refractivity contribution is 6.34. The average Bonchev–Trinajstić information content (AvgIpc) is 2.73. The quantitative estimate of drug-likeness (QED) is 0.751. The summed E-state index contributed by atoms with van der Waals surface area (Å²) in [5, 5.41) is 3.50. The molecule has 0 saturated heterocycles. The van der Waals surface area contributed by atoms with Crippen LogP contribution in [0.25, 0.3) is 21.9 Å². The summed E-state index contributed by atoms with van der Waals surface area (Å²) in [5.74, 6) is 0. The van der Waals surface area contributed by atoms with E-state index in [9.17, 15) is 13.2 Å². The van der Waals surface area contributed by atoms with Crippen LogP contribution in [0.2, 0.25) is 5.15 Å². The molecule has 1 N–H and O–H groups in total. The molecule has 5 nitrogen and oxygen atoms in total. The van der Waals surface area contributed by atoms with Gasteiger partial charge in [-0.1, -0.05) is 11.6 Å². The van der Waals surface area contributed by atoms with Gasteiger partial charge in [-0.2, -0.15) is 13.2 Å². The van der Waals surface area contributed by atoms with Crippen molar-refractivity contribution in [3.8, 4) is 0 Å². The Balaban J connectivity index is 2.34. The third kappa shape index (κ3) is 2.59. The molecule has 0 aliphatic carbocycles. The fourth-order valence-electron chi connectivity index (χ4n) is 2.43. The molecule has 0 amide bonds. The molecular weight excluding hydrogens is 319 g/mol. The lowest BCUT2D eigenvalue weighted by Gasteiger charge is -2.10. The minimum absolute atomic E-state index is 0.0133. The lowest BCUT2D eigenvalue weighted by Crippen LogP contribution is -2.17. The van der Waals surface area contributed by atoms with E-state index in [1.165, 1.54) is 12.5 Å². The predicted molar refractivity (Wildman–Crippen MR) is 76.7 cm³/mol. The molecule has 0 unspecified atom stereocenters. The Kier molecular flexibility index (Phi) is 3.65. The molecule has 0 spiro atoms. The first kappa shape index (κ1) is 15.0. The van der Waals surface area contributed by atoms with Crippen LogP contribution in [0.4, 0.5) is 13.2 Å². The minimum Gasteiger partial charge on any atom is -0.326 e. The maximum atomic E-state index is 12.9. The van der Waals surface area contributed by atoms with Crippen molar-refractivity contribution in [1.29, 1.82) is 0 Å². The van der Waals surface area contributed by atoms with Crippen molar-refractivity contribution < 1.29 is 13.2 Å². The first-order valence-electron chi connectivity index (χ1n) is 6.39. The molecule has 3 heterocycles. The smallest absolute Gasteiger partial charge is 0.326 e. The van der Waals surface area contributed by atoms with Crippen molar-refractivity contribution >= 4 is 33.5 Å². The van der Waals surface area contributed by atoms with Gasteiger partial charge in [0.05, 0.1) is 17.4 Å². The molecule has 3 aromatic heterocycles. The number of pyridine rings is 1. The van der Waals surface area contributed by atoms with Gasteiger partial charge in [0.1, 0.15) is 23.9 Å². The molecule has 22 heavy (non-hydrogen) atoms. The van der Waals surface area contributed by atoms with Gasteiger partial charge in [-0.15, -0.1) is 0 Å². The van der Waals surface area contributed by atoms with E-state index in [2.05, 4.69) is 20.3 Å². The number of aromatic nitrogens is 4. The molecule has 116 valence electrons. The molecular formula is C13H11ClF3N5. The Bertz CT molecular complexity index is 843. The summed E-state index contributed by atoms with van der Waals surface area (Å²) in [7, 11) is 1.76. The van der Waals surface area contributed by atoms with Crippen molar-refractivity contribution in [1.82, 2.24) is 24.8 Å². The van der Waals surface area contributed by atoms with Crippen molar-refractivity contribution in [2.24, 2.45) is 0 Å². The Morgan fingerprint density at radius 3 is 2.73 bits per heavy atom. The third-order valence-corrected chi connectivity index (χ3v) is 3.50. The van der Waals surface area contributed by atoms with E-state index in [-0.39, 0.29) is 10.7 Å². The SMILES string of the molecule is CNCc1cc2c3ncnc(Cl)c3n(CC(F)(F)F)c2cn1. The summed E-state index contributed by atoms with van der Waals surface area (Å²) < 4.78 is 39.7. The van der Waals surface area contributed by atoms with Crippen LogP contribution in [-0.4, -0.2) is 32.7 Å². The second-order valence-electron chi connectivity index (χ2n) is 4.79. The fourth-order valence-corrected chi connectivity index (χ4v) is 2.67. The number of hydrogen-bond donors (Lipinski definition) is 1. The zero-order valence-electron chi connectivity index (χ0n) is 11.4. The summed E-state index contributed by atoms with van der Waals surface area (Å²) in [5.41, 5.74) is 1.59. The van der Waals surface area contributed by atoms with Gasteiger partial charge in [-0.25, -0.2) is 9.97 Å². The largest absolute Gasteiger partial charge is 0.406 e. The van der Waals surface area contributed by atoms with E-state index in [1.807, 2.05) is 0 Å². The van der Waals surface area contributed by atoms with Crippen molar-refractivity contribution in [2.45, 2.75) is 19.3 Å². The van der Waals surface area contributed by atoms with Gasteiger partial charge in [0, 0.05) is 11.9 Å².